The topological polar surface area (TPSA) is 89.5 Å². The zero-order valence-electron chi connectivity index (χ0n) is 15.1. The van der Waals surface area contributed by atoms with E-state index in [1.165, 1.54) is 11.1 Å². The molecule has 2 aliphatic rings. The molecule has 2 N–H and O–H groups in total. The standard InChI is InChI=1S/C17H21F3N6OS/c18-17(19,20)12-1-2-15(23-8-12)24-5-3-13(4-6-24)26(22)9-16(27)25-11-28-10-14(25)7-21/h1-2,8,13-14H,3-6,9-11,22H2. The molecule has 2 aliphatic heterocycles. The quantitative estimate of drug-likeness (QED) is 0.592. The third kappa shape index (κ3) is 4.68. The number of piperidine rings is 1. The molecular formula is C17H21F3N6OS. The van der Waals surface area contributed by atoms with E-state index in [1.54, 1.807) is 16.7 Å². The molecule has 3 rings (SSSR count). The normalized spacial score (nSPS) is 21.2. The Morgan fingerprint density at radius 1 is 1.39 bits per heavy atom. The predicted octanol–water partition coefficient (Wildman–Crippen LogP) is 1.67. The first-order valence-corrected chi connectivity index (χ1v) is 10.0. The summed E-state index contributed by atoms with van der Waals surface area (Å²) in [5, 5.41) is 10.6. The van der Waals surface area contributed by atoms with Crippen molar-refractivity contribution in [1.82, 2.24) is 14.9 Å². The lowest BCUT2D eigenvalue weighted by atomic mass is 10.0. The summed E-state index contributed by atoms with van der Waals surface area (Å²) in [7, 11) is 0. The molecule has 3 heterocycles. The van der Waals surface area contributed by atoms with E-state index in [-0.39, 0.29) is 18.5 Å². The van der Waals surface area contributed by atoms with Crippen LogP contribution in [0.4, 0.5) is 19.0 Å². The molecule has 28 heavy (non-hydrogen) atoms. The average molecular weight is 414 g/mol. The Bertz CT molecular complexity index is 730. The van der Waals surface area contributed by atoms with E-state index in [0.29, 0.717) is 43.4 Å². The van der Waals surface area contributed by atoms with Crippen LogP contribution in [0.5, 0.6) is 0 Å². The monoisotopic (exact) mass is 414 g/mol. The van der Waals surface area contributed by atoms with Crippen LogP contribution >= 0.6 is 11.8 Å². The number of pyridine rings is 1. The number of thioether (sulfide) groups is 1. The maximum atomic E-state index is 12.6. The van der Waals surface area contributed by atoms with E-state index in [2.05, 4.69) is 11.1 Å². The highest BCUT2D eigenvalue weighted by Crippen LogP contribution is 2.30. The molecule has 0 bridgehead atoms. The van der Waals surface area contributed by atoms with Gasteiger partial charge in [-0.2, -0.15) is 18.4 Å². The molecule has 152 valence electrons. The first-order valence-electron chi connectivity index (χ1n) is 8.86. The second-order valence-corrected chi connectivity index (χ2v) is 7.80. The summed E-state index contributed by atoms with van der Waals surface area (Å²) in [4.78, 5) is 19.8. The highest BCUT2D eigenvalue weighted by molar-refractivity contribution is 7.99. The van der Waals surface area contributed by atoms with Crippen LogP contribution in [0, 0.1) is 11.3 Å². The average Bonchev–Trinajstić information content (AvgIpc) is 3.16. The third-order valence-corrected chi connectivity index (χ3v) is 6.01. The minimum Gasteiger partial charge on any atom is -0.357 e. The van der Waals surface area contributed by atoms with Crippen LogP contribution in [0.3, 0.4) is 0 Å². The fraction of sp³-hybridized carbons (Fsp3) is 0.588. The number of rotatable bonds is 4. The van der Waals surface area contributed by atoms with Crippen molar-refractivity contribution in [3.8, 4) is 6.07 Å². The van der Waals surface area contributed by atoms with Gasteiger partial charge in [-0.05, 0) is 25.0 Å². The summed E-state index contributed by atoms with van der Waals surface area (Å²) in [6.45, 7) is 1.22. The van der Waals surface area contributed by atoms with Gasteiger partial charge in [-0.15, -0.1) is 11.8 Å². The smallest absolute Gasteiger partial charge is 0.357 e. The van der Waals surface area contributed by atoms with E-state index in [4.69, 9.17) is 11.1 Å². The van der Waals surface area contributed by atoms with Crippen molar-refractivity contribution in [2.45, 2.75) is 31.1 Å². The minimum absolute atomic E-state index is 0.00885. The summed E-state index contributed by atoms with van der Waals surface area (Å²) in [5.41, 5.74) is -0.770. The van der Waals surface area contributed by atoms with Gasteiger partial charge in [0.2, 0.25) is 5.91 Å². The van der Waals surface area contributed by atoms with Crippen molar-refractivity contribution in [2.75, 3.05) is 36.2 Å². The number of anilines is 1. The molecule has 11 heteroatoms. The maximum absolute atomic E-state index is 12.6. The Kier molecular flexibility index (Phi) is 6.32. The number of aromatic nitrogens is 1. The van der Waals surface area contributed by atoms with Gasteiger partial charge < -0.3 is 9.80 Å². The van der Waals surface area contributed by atoms with Crippen LogP contribution in [0.1, 0.15) is 18.4 Å². The molecule has 0 saturated carbocycles. The van der Waals surface area contributed by atoms with Gasteiger partial charge in [0, 0.05) is 31.1 Å². The van der Waals surface area contributed by atoms with Crippen molar-refractivity contribution in [1.29, 1.82) is 5.26 Å². The Morgan fingerprint density at radius 3 is 2.68 bits per heavy atom. The summed E-state index contributed by atoms with van der Waals surface area (Å²) < 4.78 is 37.9. The van der Waals surface area contributed by atoms with Gasteiger partial charge in [-0.25, -0.2) is 9.99 Å². The maximum Gasteiger partial charge on any atom is 0.417 e. The number of nitrogens with two attached hydrogens (primary N) is 1. The van der Waals surface area contributed by atoms with E-state index in [1.807, 2.05) is 4.90 Å². The lowest BCUT2D eigenvalue weighted by Gasteiger charge is -2.37. The first kappa shape index (κ1) is 20.7. The number of nitriles is 1. The van der Waals surface area contributed by atoms with Crippen LogP contribution in [-0.2, 0) is 11.0 Å². The Hall–Kier alpha value is -2.03. The lowest BCUT2D eigenvalue weighted by molar-refractivity contribution is -0.138. The van der Waals surface area contributed by atoms with E-state index < -0.39 is 17.8 Å². The number of amides is 1. The van der Waals surface area contributed by atoms with Crippen LogP contribution in [0.25, 0.3) is 0 Å². The number of carbonyl (C=O) groups is 1. The van der Waals surface area contributed by atoms with E-state index >= 15 is 0 Å². The number of alkyl halides is 3. The molecule has 1 aromatic rings. The van der Waals surface area contributed by atoms with Crippen LogP contribution < -0.4 is 10.7 Å². The van der Waals surface area contributed by atoms with Crippen molar-refractivity contribution in [3.05, 3.63) is 23.9 Å². The number of hydrogen-bond acceptors (Lipinski definition) is 7. The van der Waals surface area contributed by atoms with Gasteiger partial charge in [-0.3, -0.25) is 10.6 Å². The Morgan fingerprint density at radius 2 is 2.11 bits per heavy atom. The molecule has 1 aromatic heterocycles. The van der Waals surface area contributed by atoms with Gasteiger partial charge in [0.05, 0.1) is 24.1 Å². The van der Waals surface area contributed by atoms with E-state index in [9.17, 15) is 18.0 Å². The molecule has 0 aliphatic carbocycles. The Balaban J connectivity index is 1.51. The number of hydrazine groups is 1. The predicted molar refractivity (Wildman–Crippen MR) is 98.9 cm³/mol. The fourth-order valence-corrected chi connectivity index (χ4v) is 4.44. The highest BCUT2D eigenvalue weighted by Gasteiger charge is 2.33. The molecule has 7 nitrogen and oxygen atoms in total. The van der Waals surface area contributed by atoms with Gasteiger partial charge in [0.1, 0.15) is 11.9 Å². The van der Waals surface area contributed by atoms with Crippen molar-refractivity contribution >= 4 is 23.5 Å². The number of halogens is 3. The van der Waals surface area contributed by atoms with Crippen molar-refractivity contribution in [3.63, 3.8) is 0 Å². The molecule has 2 fully saturated rings. The molecule has 1 unspecified atom stereocenters. The molecule has 0 aromatic carbocycles. The zero-order chi connectivity index (χ0) is 20.3. The highest BCUT2D eigenvalue weighted by atomic mass is 32.2. The second kappa shape index (κ2) is 8.55. The number of carbonyl (C=O) groups excluding carboxylic acids is 1. The molecule has 0 radical (unpaired) electrons. The molecule has 1 atom stereocenters. The fourth-order valence-electron chi connectivity index (χ4n) is 3.34. The number of nitrogens with zero attached hydrogens (tertiary/aromatic N) is 5. The molecule has 2 saturated heterocycles. The molecule has 0 spiro atoms. The summed E-state index contributed by atoms with van der Waals surface area (Å²) in [6.07, 6.45) is -2.22. The van der Waals surface area contributed by atoms with E-state index in [0.717, 1.165) is 12.3 Å². The van der Waals surface area contributed by atoms with Crippen LogP contribution in [0.15, 0.2) is 18.3 Å². The third-order valence-electron chi connectivity index (χ3n) is 5.00. The van der Waals surface area contributed by atoms with Crippen molar-refractivity contribution in [2.24, 2.45) is 5.84 Å². The van der Waals surface area contributed by atoms with Crippen LogP contribution in [-0.4, -0.2) is 64.1 Å². The molecular weight excluding hydrogens is 393 g/mol. The Labute approximate surface area is 165 Å². The SMILES string of the molecule is N#CC1CSCN1C(=O)CN(N)C1CCN(c2ccc(C(F)(F)F)cn2)CC1. The summed E-state index contributed by atoms with van der Waals surface area (Å²) in [5.74, 6) is 7.55. The summed E-state index contributed by atoms with van der Waals surface area (Å²) in [6, 6.07) is 4.12. The van der Waals surface area contributed by atoms with Crippen molar-refractivity contribution < 1.29 is 18.0 Å². The van der Waals surface area contributed by atoms with Gasteiger partial charge in [0.25, 0.3) is 0 Å². The van der Waals surface area contributed by atoms with Gasteiger partial charge in [-0.1, -0.05) is 0 Å². The first-order chi connectivity index (χ1) is 13.3. The minimum atomic E-state index is -4.40. The molecule has 1 amide bonds. The van der Waals surface area contributed by atoms with Gasteiger partial charge in [0.15, 0.2) is 0 Å². The second-order valence-electron chi connectivity index (χ2n) is 6.80. The zero-order valence-corrected chi connectivity index (χ0v) is 15.9. The lowest BCUT2D eigenvalue weighted by Crippen LogP contribution is -2.52. The van der Waals surface area contributed by atoms with Gasteiger partial charge >= 0.3 is 6.18 Å². The number of hydrogen-bond donors (Lipinski definition) is 1. The van der Waals surface area contributed by atoms with Crippen LogP contribution in [0.2, 0.25) is 0 Å². The largest absolute Gasteiger partial charge is 0.417 e. The summed E-state index contributed by atoms with van der Waals surface area (Å²) >= 11 is 1.55.